The molecular weight excluding hydrogens is 336 g/mol. The number of benzene rings is 1. The number of hydrogen-bond donors (Lipinski definition) is 2. The Kier molecular flexibility index (Phi) is 5.65. The van der Waals surface area contributed by atoms with Crippen LogP contribution in [0.3, 0.4) is 0 Å². The van der Waals surface area contributed by atoms with E-state index in [-0.39, 0.29) is 10.7 Å². The lowest BCUT2D eigenvalue weighted by atomic mass is 9.97. The van der Waals surface area contributed by atoms with Gasteiger partial charge in [-0.05, 0) is 56.4 Å². The van der Waals surface area contributed by atoms with Gasteiger partial charge in [-0.25, -0.2) is 8.42 Å². The molecule has 1 heterocycles. The lowest BCUT2D eigenvalue weighted by Crippen LogP contribution is -2.14. The molecule has 0 radical (unpaired) electrons. The van der Waals surface area contributed by atoms with E-state index in [2.05, 4.69) is 26.3 Å². The number of nitrogens with zero attached hydrogens (tertiary/aromatic N) is 2. The van der Waals surface area contributed by atoms with Gasteiger partial charge in [0.15, 0.2) is 5.82 Å². The maximum absolute atomic E-state index is 12.2. The van der Waals surface area contributed by atoms with Gasteiger partial charge in [0.1, 0.15) is 5.82 Å². The van der Waals surface area contributed by atoms with Gasteiger partial charge >= 0.3 is 0 Å². The first-order valence-electron chi connectivity index (χ1n) is 8.47. The van der Waals surface area contributed by atoms with Crippen molar-refractivity contribution in [3.8, 4) is 0 Å². The van der Waals surface area contributed by atoms with E-state index in [9.17, 15) is 8.42 Å². The highest BCUT2D eigenvalue weighted by atomic mass is 32.2. The number of nitrogens with one attached hydrogen (secondary N) is 2. The molecule has 0 unspecified atom stereocenters. The van der Waals surface area contributed by atoms with Crippen molar-refractivity contribution in [1.29, 1.82) is 0 Å². The quantitative estimate of drug-likeness (QED) is 0.739. The first-order valence-corrected chi connectivity index (χ1v) is 9.95. The van der Waals surface area contributed by atoms with Crippen LogP contribution in [0.1, 0.15) is 32.1 Å². The van der Waals surface area contributed by atoms with Gasteiger partial charge in [0.05, 0.1) is 4.90 Å². The SMILES string of the molecule is O=S(=O)(Nc1ccc(NCCC2=CCCCC2)nn1)c1ccccc1. The number of anilines is 2. The maximum atomic E-state index is 12.2. The molecule has 1 aliphatic rings. The van der Waals surface area contributed by atoms with E-state index in [1.54, 1.807) is 30.3 Å². The Morgan fingerprint density at radius 3 is 2.40 bits per heavy atom. The fourth-order valence-electron chi connectivity index (χ4n) is 2.76. The van der Waals surface area contributed by atoms with Gasteiger partial charge in [0.25, 0.3) is 10.0 Å². The highest BCUT2D eigenvalue weighted by molar-refractivity contribution is 7.92. The summed E-state index contributed by atoms with van der Waals surface area (Å²) < 4.78 is 26.9. The van der Waals surface area contributed by atoms with Crippen LogP contribution in [0.25, 0.3) is 0 Å². The molecule has 0 amide bonds. The van der Waals surface area contributed by atoms with Gasteiger partial charge in [0, 0.05) is 6.54 Å². The number of allylic oxidation sites excluding steroid dienone is 1. The summed E-state index contributed by atoms with van der Waals surface area (Å²) >= 11 is 0. The lowest BCUT2D eigenvalue weighted by molar-refractivity contribution is 0.601. The van der Waals surface area contributed by atoms with Crippen LogP contribution in [0.15, 0.2) is 59.0 Å². The third-order valence-electron chi connectivity index (χ3n) is 4.09. The molecular formula is C18H22N4O2S. The summed E-state index contributed by atoms with van der Waals surface area (Å²) in [6.45, 7) is 0.801. The molecule has 7 heteroatoms. The van der Waals surface area contributed by atoms with Gasteiger partial charge in [-0.3, -0.25) is 4.72 Å². The van der Waals surface area contributed by atoms with Crippen LogP contribution in [0.2, 0.25) is 0 Å². The molecule has 132 valence electrons. The summed E-state index contributed by atoms with van der Waals surface area (Å²) in [7, 11) is -3.64. The molecule has 0 saturated heterocycles. The normalized spacial score (nSPS) is 14.6. The third kappa shape index (κ3) is 5.03. The summed E-state index contributed by atoms with van der Waals surface area (Å²) in [5.41, 5.74) is 1.50. The van der Waals surface area contributed by atoms with E-state index in [0.717, 1.165) is 13.0 Å². The monoisotopic (exact) mass is 358 g/mol. The summed E-state index contributed by atoms with van der Waals surface area (Å²) in [6.07, 6.45) is 8.28. The Hall–Kier alpha value is -2.41. The van der Waals surface area contributed by atoms with Crippen LogP contribution in [0.4, 0.5) is 11.6 Å². The first-order chi connectivity index (χ1) is 12.1. The van der Waals surface area contributed by atoms with E-state index in [1.165, 1.54) is 43.4 Å². The van der Waals surface area contributed by atoms with Crippen molar-refractivity contribution >= 4 is 21.7 Å². The van der Waals surface area contributed by atoms with E-state index in [0.29, 0.717) is 5.82 Å². The second kappa shape index (κ2) is 8.11. The molecule has 2 N–H and O–H groups in total. The van der Waals surface area contributed by atoms with E-state index < -0.39 is 10.0 Å². The average Bonchev–Trinajstić information content (AvgIpc) is 2.65. The summed E-state index contributed by atoms with van der Waals surface area (Å²) in [6, 6.07) is 11.5. The fraction of sp³-hybridized carbons (Fsp3) is 0.333. The molecule has 0 spiro atoms. The van der Waals surface area contributed by atoms with Crippen LogP contribution < -0.4 is 10.0 Å². The number of rotatable bonds is 7. The molecule has 0 saturated carbocycles. The molecule has 1 aromatic carbocycles. The third-order valence-corrected chi connectivity index (χ3v) is 5.46. The van der Waals surface area contributed by atoms with Crippen molar-refractivity contribution in [3.63, 3.8) is 0 Å². The molecule has 2 aromatic rings. The topological polar surface area (TPSA) is 84.0 Å². The number of aromatic nitrogens is 2. The zero-order chi connectivity index (χ0) is 17.5. The number of hydrogen-bond acceptors (Lipinski definition) is 5. The van der Waals surface area contributed by atoms with Crippen LogP contribution in [-0.4, -0.2) is 25.2 Å². The number of sulfonamides is 1. The molecule has 0 atom stereocenters. The fourth-order valence-corrected chi connectivity index (χ4v) is 3.78. The minimum absolute atomic E-state index is 0.194. The molecule has 1 aliphatic carbocycles. The van der Waals surface area contributed by atoms with E-state index in [1.807, 2.05) is 0 Å². The smallest absolute Gasteiger partial charge is 0.263 e. The molecule has 0 aliphatic heterocycles. The Labute approximate surface area is 148 Å². The molecule has 1 aromatic heterocycles. The van der Waals surface area contributed by atoms with Gasteiger partial charge in [0.2, 0.25) is 0 Å². The summed E-state index contributed by atoms with van der Waals surface area (Å²) in [5, 5.41) is 11.2. The van der Waals surface area contributed by atoms with Crippen molar-refractivity contribution in [3.05, 3.63) is 54.1 Å². The van der Waals surface area contributed by atoms with Crippen molar-refractivity contribution in [2.24, 2.45) is 0 Å². The van der Waals surface area contributed by atoms with Crippen molar-refractivity contribution in [1.82, 2.24) is 10.2 Å². The van der Waals surface area contributed by atoms with Gasteiger partial charge < -0.3 is 5.32 Å². The Balaban J connectivity index is 1.54. The summed E-state index contributed by atoms with van der Waals surface area (Å²) in [4.78, 5) is 0.194. The minimum Gasteiger partial charge on any atom is -0.368 e. The Morgan fingerprint density at radius 2 is 1.72 bits per heavy atom. The van der Waals surface area contributed by atoms with Gasteiger partial charge in [-0.2, -0.15) is 0 Å². The highest BCUT2D eigenvalue weighted by Gasteiger charge is 2.14. The van der Waals surface area contributed by atoms with Gasteiger partial charge in [-0.1, -0.05) is 29.8 Å². The predicted molar refractivity (Wildman–Crippen MR) is 98.9 cm³/mol. The first kappa shape index (κ1) is 17.4. The standard InChI is InChI=1S/C18H22N4O2S/c23-25(24,16-9-5-2-6-10-16)22-18-12-11-17(20-21-18)19-14-13-15-7-3-1-4-8-15/h2,5-7,9-12H,1,3-4,8,13-14H2,(H,19,20)(H,21,22). The minimum atomic E-state index is -3.64. The van der Waals surface area contributed by atoms with Crippen LogP contribution in [0.5, 0.6) is 0 Å². The predicted octanol–water partition coefficient (Wildman–Crippen LogP) is 3.58. The molecule has 25 heavy (non-hydrogen) atoms. The van der Waals surface area contributed by atoms with Crippen LogP contribution in [0, 0.1) is 0 Å². The van der Waals surface area contributed by atoms with Crippen LogP contribution in [-0.2, 0) is 10.0 Å². The molecule has 0 bridgehead atoms. The second-order valence-corrected chi connectivity index (χ2v) is 7.69. The van der Waals surface area contributed by atoms with Crippen LogP contribution >= 0.6 is 0 Å². The average molecular weight is 358 g/mol. The zero-order valence-electron chi connectivity index (χ0n) is 14.0. The van der Waals surface area contributed by atoms with Gasteiger partial charge in [-0.15, -0.1) is 10.2 Å². The van der Waals surface area contributed by atoms with Crippen molar-refractivity contribution in [2.45, 2.75) is 37.0 Å². The van der Waals surface area contributed by atoms with E-state index >= 15 is 0 Å². The Bertz CT molecular complexity index is 818. The molecule has 6 nitrogen and oxygen atoms in total. The van der Waals surface area contributed by atoms with E-state index in [4.69, 9.17) is 0 Å². The Morgan fingerprint density at radius 1 is 0.960 bits per heavy atom. The zero-order valence-corrected chi connectivity index (χ0v) is 14.8. The molecule has 0 fully saturated rings. The largest absolute Gasteiger partial charge is 0.368 e. The lowest BCUT2D eigenvalue weighted by Gasteiger charge is -2.13. The highest BCUT2D eigenvalue weighted by Crippen LogP contribution is 2.20. The maximum Gasteiger partial charge on any atom is 0.263 e. The summed E-state index contributed by atoms with van der Waals surface area (Å²) in [5.74, 6) is 0.837. The van der Waals surface area contributed by atoms with Crippen molar-refractivity contribution in [2.75, 3.05) is 16.6 Å². The van der Waals surface area contributed by atoms with Crippen molar-refractivity contribution < 1.29 is 8.42 Å². The second-order valence-electron chi connectivity index (χ2n) is 6.01. The molecule has 3 rings (SSSR count).